The molecule has 4 aliphatic heterocycles. The Kier molecular flexibility index (Phi) is 11.0. The van der Waals surface area contributed by atoms with Crippen LogP contribution in [0.25, 0.3) is 44.2 Å². The maximum absolute atomic E-state index is 14.4. The Labute approximate surface area is 371 Å². The Balaban J connectivity index is 0.904. The Hall–Kier alpha value is -6.16. The van der Waals surface area contributed by atoms with Crippen molar-refractivity contribution >= 4 is 45.8 Å². The van der Waals surface area contributed by atoms with Gasteiger partial charge in [0.1, 0.15) is 36.1 Å². The van der Waals surface area contributed by atoms with E-state index in [-0.39, 0.29) is 41.8 Å². The molecular weight excluding hydrogens is 817 g/mol. The fraction of sp³-hybridized carbons (Fsp3) is 0.500. The van der Waals surface area contributed by atoms with Gasteiger partial charge in [0.2, 0.25) is 11.8 Å². The molecule has 16 nitrogen and oxygen atoms in total. The van der Waals surface area contributed by atoms with Crippen molar-refractivity contribution in [2.75, 3.05) is 34.0 Å². The molecule has 2 aromatic heterocycles. The summed E-state index contributed by atoms with van der Waals surface area (Å²) >= 11 is 0. The van der Waals surface area contributed by atoms with Crippen molar-refractivity contribution in [2.45, 2.75) is 96.1 Å². The van der Waals surface area contributed by atoms with Crippen LogP contribution in [0.3, 0.4) is 0 Å². The number of benzene rings is 3. The zero-order chi connectivity index (χ0) is 44.4. The molecule has 3 aromatic carbocycles. The van der Waals surface area contributed by atoms with Crippen LogP contribution >= 0.6 is 0 Å². The van der Waals surface area contributed by atoms with E-state index in [9.17, 15) is 19.2 Å². The third-order valence-electron chi connectivity index (χ3n) is 14.6. The van der Waals surface area contributed by atoms with Gasteiger partial charge in [-0.25, -0.2) is 19.6 Å². The van der Waals surface area contributed by atoms with E-state index in [0.717, 1.165) is 87.0 Å². The van der Waals surface area contributed by atoms with E-state index in [1.165, 1.54) is 14.2 Å². The van der Waals surface area contributed by atoms with Gasteiger partial charge in [0.05, 0.1) is 49.2 Å². The van der Waals surface area contributed by atoms with Crippen molar-refractivity contribution in [1.82, 2.24) is 40.4 Å². The van der Waals surface area contributed by atoms with Crippen LogP contribution in [0.2, 0.25) is 0 Å². The molecule has 4 N–H and O–H groups in total. The summed E-state index contributed by atoms with van der Waals surface area (Å²) in [6, 6.07) is 12.8. The fourth-order valence-electron chi connectivity index (χ4n) is 11.0. The SMILES string of the molecule is COC(=O)N[C@H](C(=O)N1[C@@H](C)CC[C@H]1c1nc2ccc3cc4c(cc3c2[nH]1)OCc1cc(-c2cnc([C@@H]3[C@@H]5CC[C@@H]5CN3C(=O)[C@@H](NC(=O)OC)C3CCOCC3)[nH]2)ccc1-4)C(C)C. The van der Waals surface area contributed by atoms with Gasteiger partial charge in [-0.05, 0) is 115 Å². The first-order valence-electron chi connectivity index (χ1n) is 22.7. The number of nitrogens with one attached hydrogen (secondary N) is 4. The molecule has 4 fully saturated rings. The monoisotopic (exact) mass is 872 g/mol. The molecule has 7 atom stereocenters. The highest BCUT2D eigenvalue weighted by molar-refractivity contribution is 6.07. The minimum absolute atomic E-state index is 0.0265. The third-order valence-corrected chi connectivity index (χ3v) is 14.6. The van der Waals surface area contributed by atoms with Gasteiger partial charge >= 0.3 is 12.2 Å². The number of ether oxygens (including phenoxy) is 4. The normalized spacial score (nSPS) is 23.8. The molecule has 1 aliphatic carbocycles. The van der Waals surface area contributed by atoms with Gasteiger partial charge in [0.15, 0.2) is 0 Å². The molecule has 1 saturated carbocycles. The number of likely N-dealkylation sites (tertiary alicyclic amines) is 2. The van der Waals surface area contributed by atoms with Crippen molar-refractivity contribution in [2.24, 2.45) is 23.7 Å². The Bertz CT molecular complexity index is 2630. The number of carbonyl (C=O) groups excluding carboxylic acids is 4. The lowest BCUT2D eigenvalue weighted by atomic mass is 9.73. The van der Waals surface area contributed by atoms with E-state index in [1.807, 2.05) is 42.8 Å². The second-order valence-electron chi connectivity index (χ2n) is 18.5. The summed E-state index contributed by atoms with van der Waals surface area (Å²) in [5.74, 6) is 2.55. The first-order valence-corrected chi connectivity index (χ1v) is 22.7. The van der Waals surface area contributed by atoms with Crippen LogP contribution in [0.1, 0.15) is 88.6 Å². The minimum atomic E-state index is -0.727. The summed E-state index contributed by atoms with van der Waals surface area (Å²) in [4.78, 5) is 73.9. The van der Waals surface area contributed by atoms with E-state index in [2.05, 4.69) is 57.0 Å². The van der Waals surface area contributed by atoms with Crippen LogP contribution in [0.15, 0.2) is 48.7 Å². The second-order valence-corrected chi connectivity index (χ2v) is 18.5. The first kappa shape index (κ1) is 41.8. The summed E-state index contributed by atoms with van der Waals surface area (Å²) in [6.07, 6.45) is 5.66. The smallest absolute Gasteiger partial charge is 0.407 e. The number of nitrogens with zero attached hydrogens (tertiary/aromatic N) is 4. The first-order chi connectivity index (χ1) is 31.0. The van der Waals surface area contributed by atoms with E-state index >= 15 is 0 Å². The van der Waals surface area contributed by atoms with Gasteiger partial charge in [0, 0.05) is 36.8 Å². The lowest BCUT2D eigenvalue weighted by molar-refractivity contribution is -0.138. The number of hydrogen-bond acceptors (Lipinski definition) is 10. The number of hydrogen-bond donors (Lipinski definition) is 4. The molecular formula is C48H56N8O8. The molecule has 4 amide bonds. The fourth-order valence-corrected chi connectivity index (χ4v) is 11.0. The molecule has 6 heterocycles. The van der Waals surface area contributed by atoms with Crippen LogP contribution in [-0.2, 0) is 30.4 Å². The average Bonchev–Trinajstić information content (AvgIpc) is 4.10. The number of methoxy groups -OCH3 is 2. The number of rotatable bonds is 9. The van der Waals surface area contributed by atoms with Crippen LogP contribution in [-0.4, -0.2) is 106 Å². The predicted octanol–water partition coefficient (Wildman–Crippen LogP) is 7.16. The lowest BCUT2D eigenvalue weighted by Gasteiger charge is -2.35. The Morgan fingerprint density at radius 2 is 1.66 bits per heavy atom. The summed E-state index contributed by atoms with van der Waals surface area (Å²) in [7, 11) is 2.62. The molecule has 10 rings (SSSR count). The van der Waals surface area contributed by atoms with Gasteiger partial charge in [-0.1, -0.05) is 32.0 Å². The highest BCUT2D eigenvalue weighted by Gasteiger charge is 2.52. The molecule has 64 heavy (non-hydrogen) atoms. The molecule has 5 aliphatic rings. The number of H-pyrrole nitrogens is 2. The zero-order valence-electron chi connectivity index (χ0n) is 36.9. The zero-order valence-corrected chi connectivity index (χ0v) is 36.9. The van der Waals surface area contributed by atoms with E-state index in [1.54, 1.807) is 0 Å². The van der Waals surface area contributed by atoms with Crippen LogP contribution in [0.4, 0.5) is 9.59 Å². The van der Waals surface area contributed by atoms with Gasteiger partial charge in [0.25, 0.3) is 0 Å². The van der Waals surface area contributed by atoms with Crippen LogP contribution in [0.5, 0.6) is 5.75 Å². The summed E-state index contributed by atoms with van der Waals surface area (Å²) < 4.78 is 21.8. The molecule has 0 radical (unpaired) electrons. The molecule has 3 saturated heterocycles. The molecule has 0 spiro atoms. The minimum Gasteiger partial charge on any atom is -0.488 e. The number of carbonyl (C=O) groups is 4. The maximum atomic E-state index is 14.4. The van der Waals surface area contributed by atoms with Gasteiger partial charge in [-0.15, -0.1) is 0 Å². The molecule has 16 heteroatoms. The van der Waals surface area contributed by atoms with E-state index in [0.29, 0.717) is 56.9 Å². The number of amides is 4. The third kappa shape index (κ3) is 7.28. The van der Waals surface area contributed by atoms with Crippen LogP contribution < -0.4 is 15.4 Å². The highest BCUT2D eigenvalue weighted by Crippen LogP contribution is 2.52. The largest absolute Gasteiger partial charge is 0.488 e. The lowest BCUT2D eigenvalue weighted by Crippen LogP contribution is -2.53. The number of imidazole rings is 2. The summed E-state index contributed by atoms with van der Waals surface area (Å²) in [6.45, 7) is 8.00. The van der Waals surface area contributed by atoms with Gasteiger partial charge < -0.3 is 49.3 Å². The Morgan fingerprint density at radius 1 is 0.859 bits per heavy atom. The van der Waals surface area contributed by atoms with Crippen molar-refractivity contribution in [3.8, 4) is 28.1 Å². The highest BCUT2D eigenvalue weighted by atomic mass is 16.5. The van der Waals surface area contributed by atoms with Gasteiger partial charge in [-0.3, -0.25) is 9.59 Å². The Morgan fingerprint density at radius 3 is 2.41 bits per heavy atom. The van der Waals surface area contributed by atoms with E-state index in [4.69, 9.17) is 28.9 Å². The average molecular weight is 873 g/mol. The number of fused-ring (bicyclic) bond motifs is 7. The number of aromatic nitrogens is 4. The number of alkyl carbamates (subject to hydrolysis) is 2. The quantitative estimate of drug-likeness (QED) is 0.118. The number of aromatic amines is 2. The molecule has 336 valence electrons. The molecule has 0 unspecified atom stereocenters. The summed E-state index contributed by atoms with van der Waals surface area (Å²) in [5, 5.41) is 7.62. The molecule has 0 bridgehead atoms. The van der Waals surface area contributed by atoms with E-state index < -0.39 is 24.3 Å². The van der Waals surface area contributed by atoms with Crippen molar-refractivity contribution in [3.63, 3.8) is 0 Å². The van der Waals surface area contributed by atoms with Gasteiger partial charge in [-0.2, -0.15) is 0 Å². The standard InChI is InChI=1S/C48H56N8O8/c1-24(2)39(53-47(59)61-4)46(58)56-25(3)6-13-37(56)43-50-35-12-9-27-19-34-31-10-7-28(18-30(31)23-64-38(34)20-33(27)41(35)52-43)36-21-49-44(51-36)42-32-11-8-29(32)22-55(42)45(57)40(54-48(60)62-5)26-14-16-63-17-15-26/h7,9-10,12,18-21,24-26,29,32,37,39-40,42H,6,8,11,13-17,22-23H2,1-5H3,(H,49,51)(H,50,52)(H,53,59)(H,54,60)/t25-,29+,32+,37-,39-,40-,42-/m0/s1. The second kappa shape index (κ2) is 16.8. The molecule has 5 aromatic rings. The van der Waals surface area contributed by atoms with Crippen LogP contribution in [0, 0.1) is 23.7 Å². The van der Waals surface area contributed by atoms with Crippen molar-refractivity contribution in [1.29, 1.82) is 0 Å². The predicted molar refractivity (Wildman–Crippen MR) is 237 cm³/mol. The topological polar surface area (TPSA) is 193 Å². The van der Waals surface area contributed by atoms with Crippen molar-refractivity contribution in [3.05, 3.63) is 65.9 Å². The maximum Gasteiger partial charge on any atom is 0.407 e. The van der Waals surface area contributed by atoms with Crippen molar-refractivity contribution < 1.29 is 38.1 Å². The summed E-state index contributed by atoms with van der Waals surface area (Å²) in [5.41, 5.74) is 6.66.